The number of hydrogen-bond acceptors (Lipinski definition) is 4. The van der Waals surface area contributed by atoms with E-state index in [2.05, 4.69) is 27.8 Å². The summed E-state index contributed by atoms with van der Waals surface area (Å²) in [5, 5.41) is 6.44. The fourth-order valence-electron chi connectivity index (χ4n) is 2.74. The second-order valence-corrected chi connectivity index (χ2v) is 7.23. The molecule has 0 fully saturated rings. The monoisotopic (exact) mass is 379 g/mol. The summed E-state index contributed by atoms with van der Waals surface area (Å²) in [6.45, 7) is 2.21. The molecule has 0 unspecified atom stereocenters. The first kappa shape index (κ1) is 18.8. The fourth-order valence-corrected chi connectivity index (χ4v) is 3.75. The van der Waals surface area contributed by atoms with Gasteiger partial charge in [0.15, 0.2) is 0 Å². The van der Waals surface area contributed by atoms with Gasteiger partial charge in [-0.15, -0.1) is 11.3 Å². The zero-order valence-electron chi connectivity index (χ0n) is 15.3. The highest BCUT2D eigenvalue weighted by Crippen LogP contribution is 2.21. The largest absolute Gasteiger partial charge is 0.355 e. The molecule has 0 radical (unpaired) electrons. The molecule has 0 bridgehead atoms. The quantitative estimate of drug-likeness (QED) is 0.690. The Morgan fingerprint density at radius 3 is 2.48 bits per heavy atom. The summed E-state index contributed by atoms with van der Waals surface area (Å²) in [6.07, 6.45) is 0.716. The first-order chi connectivity index (χ1) is 13.1. The van der Waals surface area contributed by atoms with Crippen molar-refractivity contribution in [1.29, 1.82) is 0 Å². The van der Waals surface area contributed by atoms with E-state index in [1.165, 1.54) is 16.9 Å². The minimum atomic E-state index is -0.146. The van der Waals surface area contributed by atoms with Crippen LogP contribution in [0, 0.1) is 6.92 Å². The summed E-state index contributed by atoms with van der Waals surface area (Å²) >= 11 is 1.42. The SMILES string of the molecule is CNC(=O)c1cccc(CNC(=O)c2sc(Cc3ccccc3)nc2C)c1. The van der Waals surface area contributed by atoms with Crippen LogP contribution in [0.4, 0.5) is 0 Å². The van der Waals surface area contributed by atoms with Gasteiger partial charge in [-0.05, 0) is 30.2 Å². The van der Waals surface area contributed by atoms with E-state index in [1.54, 1.807) is 19.2 Å². The maximum absolute atomic E-state index is 12.6. The molecule has 5 nitrogen and oxygen atoms in total. The number of rotatable bonds is 6. The number of benzene rings is 2. The number of nitrogens with zero attached hydrogens (tertiary/aromatic N) is 1. The van der Waals surface area contributed by atoms with Crippen LogP contribution in [0.2, 0.25) is 0 Å². The van der Waals surface area contributed by atoms with Crippen molar-refractivity contribution in [3.8, 4) is 0 Å². The lowest BCUT2D eigenvalue weighted by atomic mass is 10.1. The molecule has 0 aliphatic rings. The highest BCUT2D eigenvalue weighted by atomic mass is 32.1. The van der Waals surface area contributed by atoms with Gasteiger partial charge in [-0.2, -0.15) is 0 Å². The highest BCUT2D eigenvalue weighted by molar-refractivity contribution is 7.13. The summed E-state index contributed by atoms with van der Waals surface area (Å²) in [4.78, 5) is 29.4. The standard InChI is InChI=1S/C21H21N3O2S/c1-14-19(27-18(24-14)12-15-7-4-3-5-8-15)21(26)23-13-16-9-6-10-17(11-16)20(25)22-2/h3-11H,12-13H2,1-2H3,(H,22,25)(H,23,26). The van der Waals surface area contributed by atoms with Crippen LogP contribution in [0.1, 0.15) is 41.9 Å². The Morgan fingerprint density at radius 1 is 1.00 bits per heavy atom. The Kier molecular flexibility index (Phi) is 5.98. The Hall–Kier alpha value is -2.99. The van der Waals surface area contributed by atoms with E-state index in [4.69, 9.17) is 0 Å². The number of carbonyl (C=O) groups is 2. The average molecular weight is 379 g/mol. The molecule has 138 valence electrons. The van der Waals surface area contributed by atoms with E-state index < -0.39 is 0 Å². The first-order valence-corrected chi connectivity index (χ1v) is 9.48. The lowest BCUT2D eigenvalue weighted by Gasteiger charge is -2.06. The second kappa shape index (κ2) is 8.60. The third kappa shape index (κ3) is 4.80. The topological polar surface area (TPSA) is 71.1 Å². The molecule has 3 aromatic rings. The molecule has 0 saturated carbocycles. The van der Waals surface area contributed by atoms with Crippen molar-refractivity contribution < 1.29 is 9.59 Å². The van der Waals surface area contributed by atoms with Gasteiger partial charge in [0.1, 0.15) is 4.88 Å². The van der Waals surface area contributed by atoms with Crippen molar-refractivity contribution in [2.45, 2.75) is 19.9 Å². The van der Waals surface area contributed by atoms with E-state index in [0.717, 1.165) is 16.3 Å². The molecule has 0 spiro atoms. The van der Waals surface area contributed by atoms with Gasteiger partial charge in [0.2, 0.25) is 0 Å². The molecule has 0 aliphatic carbocycles. The number of carbonyl (C=O) groups excluding carboxylic acids is 2. The highest BCUT2D eigenvalue weighted by Gasteiger charge is 2.15. The van der Waals surface area contributed by atoms with E-state index in [-0.39, 0.29) is 11.8 Å². The second-order valence-electron chi connectivity index (χ2n) is 6.15. The Balaban J connectivity index is 1.65. The molecular formula is C21H21N3O2S. The molecule has 27 heavy (non-hydrogen) atoms. The lowest BCUT2D eigenvalue weighted by Crippen LogP contribution is -2.23. The average Bonchev–Trinajstić information content (AvgIpc) is 3.06. The first-order valence-electron chi connectivity index (χ1n) is 8.66. The third-order valence-electron chi connectivity index (χ3n) is 4.11. The molecule has 2 aromatic carbocycles. The van der Waals surface area contributed by atoms with Crippen LogP contribution in [-0.2, 0) is 13.0 Å². The molecule has 1 heterocycles. The molecule has 2 amide bonds. The number of aryl methyl sites for hydroxylation is 1. The molecule has 2 N–H and O–H groups in total. The van der Waals surface area contributed by atoms with Crippen LogP contribution < -0.4 is 10.6 Å². The number of aromatic nitrogens is 1. The summed E-state index contributed by atoms with van der Waals surface area (Å²) in [6, 6.07) is 17.3. The van der Waals surface area contributed by atoms with Crippen molar-refractivity contribution in [1.82, 2.24) is 15.6 Å². The zero-order valence-corrected chi connectivity index (χ0v) is 16.1. The normalized spacial score (nSPS) is 10.4. The maximum Gasteiger partial charge on any atom is 0.263 e. The van der Waals surface area contributed by atoms with Crippen LogP contribution in [0.5, 0.6) is 0 Å². The molecule has 0 atom stereocenters. The molecule has 0 aliphatic heterocycles. The van der Waals surface area contributed by atoms with Crippen LogP contribution in [0.3, 0.4) is 0 Å². The van der Waals surface area contributed by atoms with Crippen molar-refractivity contribution >= 4 is 23.2 Å². The fraction of sp³-hybridized carbons (Fsp3) is 0.190. The predicted octanol–water partition coefficient (Wildman–Crippen LogP) is 3.33. The van der Waals surface area contributed by atoms with Crippen LogP contribution in [0.25, 0.3) is 0 Å². The van der Waals surface area contributed by atoms with Crippen LogP contribution in [0.15, 0.2) is 54.6 Å². The van der Waals surface area contributed by atoms with Crippen LogP contribution in [-0.4, -0.2) is 23.8 Å². The maximum atomic E-state index is 12.6. The zero-order chi connectivity index (χ0) is 19.2. The minimum Gasteiger partial charge on any atom is -0.355 e. The van der Waals surface area contributed by atoms with Gasteiger partial charge in [-0.1, -0.05) is 42.5 Å². The third-order valence-corrected chi connectivity index (χ3v) is 5.27. The molecular weight excluding hydrogens is 358 g/mol. The number of nitrogens with one attached hydrogen (secondary N) is 2. The van der Waals surface area contributed by atoms with Crippen molar-refractivity contribution in [2.75, 3.05) is 7.05 Å². The summed E-state index contributed by atoms with van der Waals surface area (Å²) in [7, 11) is 1.59. The van der Waals surface area contributed by atoms with Gasteiger partial charge in [-0.3, -0.25) is 9.59 Å². The van der Waals surface area contributed by atoms with Gasteiger partial charge in [-0.25, -0.2) is 4.98 Å². The van der Waals surface area contributed by atoms with Crippen molar-refractivity contribution in [3.05, 3.63) is 86.9 Å². The Labute approximate surface area is 162 Å². The Bertz CT molecular complexity index is 951. The van der Waals surface area contributed by atoms with Gasteiger partial charge < -0.3 is 10.6 Å². The lowest BCUT2D eigenvalue weighted by molar-refractivity contribution is 0.0951. The van der Waals surface area contributed by atoms with Crippen molar-refractivity contribution in [2.24, 2.45) is 0 Å². The van der Waals surface area contributed by atoms with E-state index >= 15 is 0 Å². The van der Waals surface area contributed by atoms with Gasteiger partial charge in [0, 0.05) is 25.6 Å². The number of thiazole rings is 1. The minimum absolute atomic E-state index is 0.144. The van der Waals surface area contributed by atoms with Gasteiger partial charge in [0.25, 0.3) is 11.8 Å². The smallest absolute Gasteiger partial charge is 0.263 e. The van der Waals surface area contributed by atoms with Crippen LogP contribution >= 0.6 is 11.3 Å². The predicted molar refractivity (Wildman–Crippen MR) is 107 cm³/mol. The van der Waals surface area contributed by atoms with E-state index in [1.807, 2.05) is 37.3 Å². The number of hydrogen-bond donors (Lipinski definition) is 2. The summed E-state index contributed by atoms with van der Waals surface area (Å²) in [5.41, 5.74) is 3.35. The molecule has 0 saturated heterocycles. The van der Waals surface area contributed by atoms with Crippen molar-refractivity contribution in [3.63, 3.8) is 0 Å². The number of amides is 2. The molecule has 1 aromatic heterocycles. The molecule has 3 rings (SSSR count). The Morgan fingerprint density at radius 2 is 1.74 bits per heavy atom. The van der Waals surface area contributed by atoms with Gasteiger partial charge >= 0.3 is 0 Å². The van der Waals surface area contributed by atoms with Gasteiger partial charge in [0.05, 0.1) is 10.7 Å². The summed E-state index contributed by atoms with van der Waals surface area (Å²) < 4.78 is 0. The molecule has 6 heteroatoms. The van der Waals surface area contributed by atoms with E-state index in [9.17, 15) is 9.59 Å². The summed E-state index contributed by atoms with van der Waals surface area (Å²) in [5.74, 6) is -0.290. The van der Waals surface area contributed by atoms with E-state index in [0.29, 0.717) is 23.4 Å².